The molecule has 1 aliphatic heterocycles. The highest BCUT2D eigenvalue weighted by Crippen LogP contribution is 2.28. The third kappa shape index (κ3) is 5.13. The molecule has 0 aliphatic carbocycles. The third-order valence-electron chi connectivity index (χ3n) is 5.47. The summed E-state index contributed by atoms with van der Waals surface area (Å²) < 4.78 is 31.9. The van der Waals surface area contributed by atoms with Crippen molar-refractivity contribution in [2.75, 3.05) is 25.5 Å². The molecule has 1 atom stereocenters. The molecular weight excluding hydrogens is 462 g/mol. The number of carbonyl (C=O) groups is 2. The molecule has 0 radical (unpaired) electrons. The number of anilines is 1. The van der Waals surface area contributed by atoms with Crippen LogP contribution in [0.5, 0.6) is 0 Å². The van der Waals surface area contributed by atoms with Crippen molar-refractivity contribution in [2.24, 2.45) is 5.92 Å². The summed E-state index contributed by atoms with van der Waals surface area (Å²) >= 11 is 1.29. The van der Waals surface area contributed by atoms with Gasteiger partial charge in [0.15, 0.2) is 5.13 Å². The SMILES string of the molecule is COC(=O)c1ccc(-c2csc(NC(=O)C3CCCN(S(=O)(=O)c4ccccc4)C3)n2)cc1. The number of hydrogen-bond acceptors (Lipinski definition) is 7. The van der Waals surface area contributed by atoms with Gasteiger partial charge in [-0.1, -0.05) is 30.3 Å². The minimum absolute atomic E-state index is 0.135. The first-order valence-corrected chi connectivity index (χ1v) is 12.7. The first-order valence-electron chi connectivity index (χ1n) is 10.4. The largest absolute Gasteiger partial charge is 0.465 e. The number of thiazole rings is 1. The number of benzene rings is 2. The summed E-state index contributed by atoms with van der Waals surface area (Å²) in [4.78, 5) is 29.1. The molecule has 8 nitrogen and oxygen atoms in total. The molecule has 1 N–H and O–H groups in total. The zero-order valence-electron chi connectivity index (χ0n) is 17.9. The van der Waals surface area contributed by atoms with Gasteiger partial charge in [0.1, 0.15) is 0 Å². The fraction of sp³-hybridized carbons (Fsp3) is 0.261. The Hall–Kier alpha value is -3.08. The van der Waals surface area contributed by atoms with Crippen molar-refractivity contribution in [3.05, 3.63) is 65.5 Å². The lowest BCUT2D eigenvalue weighted by Crippen LogP contribution is -2.43. The van der Waals surface area contributed by atoms with Gasteiger partial charge >= 0.3 is 5.97 Å². The van der Waals surface area contributed by atoms with Crippen molar-refractivity contribution < 1.29 is 22.7 Å². The molecule has 10 heteroatoms. The van der Waals surface area contributed by atoms with E-state index in [9.17, 15) is 18.0 Å². The van der Waals surface area contributed by atoms with E-state index in [1.807, 2.05) is 5.38 Å². The van der Waals surface area contributed by atoms with Gasteiger partial charge in [-0.3, -0.25) is 4.79 Å². The van der Waals surface area contributed by atoms with Crippen LogP contribution in [0.15, 0.2) is 64.9 Å². The average Bonchev–Trinajstić information content (AvgIpc) is 3.32. The number of ether oxygens (including phenoxy) is 1. The molecule has 1 aliphatic rings. The maximum absolute atomic E-state index is 12.9. The number of methoxy groups -OCH3 is 1. The summed E-state index contributed by atoms with van der Waals surface area (Å²) in [6, 6.07) is 15.1. The van der Waals surface area contributed by atoms with Crippen LogP contribution in [0.3, 0.4) is 0 Å². The number of amides is 1. The van der Waals surface area contributed by atoms with E-state index < -0.39 is 21.9 Å². The molecule has 1 aromatic heterocycles. The van der Waals surface area contributed by atoms with Crippen molar-refractivity contribution in [3.8, 4) is 11.3 Å². The molecule has 172 valence electrons. The van der Waals surface area contributed by atoms with E-state index in [-0.39, 0.29) is 17.3 Å². The highest BCUT2D eigenvalue weighted by Gasteiger charge is 2.33. The molecule has 1 fully saturated rings. The molecule has 1 saturated heterocycles. The smallest absolute Gasteiger partial charge is 0.337 e. The normalized spacial score (nSPS) is 16.8. The van der Waals surface area contributed by atoms with E-state index in [2.05, 4.69) is 10.3 Å². The Balaban J connectivity index is 1.41. The number of piperidine rings is 1. The zero-order chi connectivity index (χ0) is 23.4. The van der Waals surface area contributed by atoms with Crippen molar-refractivity contribution >= 4 is 38.4 Å². The predicted octanol–water partition coefficient (Wildman–Crippen LogP) is 3.64. The molecule has 1 unspecified atom stereocenters. The Kier molecular flexibility index (Phi) is 6.87. The van der Waals surface area contributed by atoms with Crippen LogP contribution >= 0.6 is 11.3 Å². The Morgan fingerprint density at radius 2 is 1.85 bits per heavy atom. The zero-order valence-corrected chi connectivity index (χ0v) is 19.6. The van der Waals surface area contributed by atoms with Gasteiger partial charge in [-0.05, 0) is 37.1 Å². The number of nitrogens with zero attached hydrogens (tertiary/aromatic N) is 2. The van der Waals surface area contributed by atoms with Crippen molar-refractivity contribution in [1.29, 1.82) is 0 Å². The van der Waals surface area contributed by atoms with E-state index >= 15 is 0 Å². The monoisotopic (exact) mass is 485 g/mol. The Morgan fingerprint density at radius 3 is 2.55 bits per heavy atom. The maximum Gasteiger partial charge on any atom is 0.337 e. The fourth-order valence-electron chi connectivity index (χ4n) is 3.68. The molecule has 2 aromatic carbocycles. The van der Waals surface area contributed by atoms with Crippen molar-refractivity contribution in [3.63, 3.8) is 0 Å². The van der Waals surface area contributed by atoms with E-state index in [1.165, 1.54) is 22.8 Å². The maximum atomic E-state index is 12.9. The lowest BCUT2D eigenvalue weighted by atomic mass is 9.99. The molecule has 0 spiro atoms. The molecule has 0 saturated carbocycles. The third-order valence-corrected chi connectivity index (χ3v) is 8.11. The van der Waals surface area contributed by atoms with E-state index in [0.717, 1.165) is 5.56 Å². The average molecular weight is 486 g/mol. The van der Waals surface area contributed by atoms with Crippen molar-refractivity contribution in [1.82, 2.24) is 9.29 Å². The topological polar surface area (TPSA) is 106 Å². The second-order valence-corrected chi connectivity index (χ2v) is 10.4. The molecule has 2 heterocycles. The van der Waals surface area contributed by atoms with Crippen LogP contribution in [-0.2, 0) is 19.6 Å². The van der Waals surface area contributed by atoms with Gasteiger partial charge in [0.25, 0.3) is 0 Å². The summed E-state index contributed by atoms with van der Waals surface area (Å²) in [5.41, 5.74) is 1.91. The van der Waals surface area contributed by atoms with Gasteiger partial charge in [-0.15, -0.1) is 11.3 Å². The number of sulfonamides is 1. The molecule has 1 amide bonds. The second-order valence-electron chi connectivity index (χ2n) is 7.61. The molecule has 4 rings (SSSR count). The van der Waals surface area contributed by atoms with Crippen LogP contribution in [0.1, 0.15) is 23.2 Å². The van der Waals surface area contributed by atoms with Gasteiger partial charge in [-0.2, -0.15) is 4.31 Å². The van der Waals surface area contributed by atoms with Crippen LogP contribution < -0.4 is 5.32 Å². The minimum atomic E-state index is -3.64. The van der Waals surface area contributed by atoms with E-state index in [0.29, 0.717) is 35.8 Å². The van der Waals surface area contributed by atoms with Gasteiger partial charge < -0.3 is 10.1 Å². The number of carbonyl (C=O) groups excluding carboxylic acids is 2. The number of nitrogens with one attached hydrogen (secondary N) is 1. The van der Waals surface area contributed by atoms with Gasteiger partial charge in [0, 0.05) is 24.0 Å². The second kappa shape index (κ2) is 9.82. The highest BCUT2D eigenvalue weighted by molar-refractivity contribution is 7.89. The van der Waals surface area contributed by atoms with Crippen LogP contribution in [0.4, 0.5) is 5.13 Å². The predicted molar refractivity (Wildman–Crippen MR) is 125 cm³/mol. The molecule has 33 heavy (non-hydrogen) atoms. The summed E-state index contributed by atoms with van der Waals surface area (Å²) in [6.07, 6.45) is 1.22. The fourth-order valence-corrected chi connectivity index (χ4v) is 5.95. The highest BCUT2D eigenvalue weighted by atomic mass is 32.2. The summed E-state index contributed by atoms with van der Waals surface area (Å²) in [5, 5.41) is 5.08. The van der Waals surface area contributed by atoms with Gasteiger partial charge in [0.05, 0.1) is 29.2 Å². The van der Waals surface area contributed by atoms with Crippen LogP contribution in [0, 0.1) is 5.92 Å². The lowest BCUT2D eigenvalue weighted by molar-refractivity contribution is -0.120. The van der Waals surface area contributed by atoms with Crippen LogP contribution in [0.2, 0.25) is 0 Å². The molecular formula is C23H23N3O5S2. The standard InChI is InChI=1S/C23H23N3O5S2/c1-31-22(28)17-11-9-16(10-12-17)20-15-32-23(24-20)25-21(27)18-6-5-13-26(14-18)33(29,30)19-7-3-2-4-8-19/h2-4,7-12,15,18H,5-6,13-14H2,1H3,(H,24,25,27). The summed E-state index contributed by atoms with van der Waals surface area (Å²) in [7, 11) is -2.31. The minimum Gasteiger partial charge on any atom is -0.465 e. The van der Waals surface area contributed by atoms with Crippen LogP contribution in [-0.4, -0.2) is 49.8 Å². The first kappa shape index (κ1) is 23.1. The Bertz CT molecular complexity index is 1240. The number of rotatable bonds is 6. The number of aromatic nitrogens is 1. The number of esters is 1. The molecule has 3 aromatic rings. The summed E-state index contributed by atoms with van der Waals surface area (Å²) in [5.74, 6) is -1.11. The number of hydrogen-bond donors (Lipinski definition) is 1. The Labute approximate surface area is 196 Å². The Morgan fingerprint density at radius 1 is 1.12 bits per heavy atom. The lowest BCUT2D eigenvalue weighted by Gasteiger charge is -2.31. The summed E-state index contributed by atoms with van der Waals surface area (Å²) in [6.45, 7) is 0.528. The van der Waals surface area contributed by atoms with Crippen LogP contribution in [0.25, 0.3) is 11.3 Å². The van der Waals surface area contributed by atoms with Gasteiger partial charge in [0.2, 0.25) is 15.9 Å². The van der Waals surface area contributed by atoms with E-state index in [1.54, 1.807) is 54.6 Å². The van der Waals surface area contributed by atoms with E-state index in [4.69, 9.17) is 4.74 Å². The first-order chi connectivity index (χ1) is 15.9. The van der Waals surface area contributed by atoms with Crippen molar-refractivity contribution in [2.45, 2.75) is 17.7 Å². The molecule has 0 bridgehead atoms. The van der Waals surface area contributed by atoms with Gasteiger partial charge in [-0.25, -0.2) is 18.2 Å². The quantitative estimate of drug-likeness (QED) is 0.535.